The first kappa shape index (κ1) is 18.0. The number of nitrogens with one attached hydrogen (secondary N) is 1. The van der Waals surface area contributed by atoms with Gasteiger partial charge in [0.2, 0.25) is 0 Å². The molecular weight excluding hydrogens is 378 g/mol. The van der Waals surface area contributed by atoms with E-state index in [-0.39, 0.29) is 4.90 Å². The minimum absolute atomic E-state index is 0.243. The second-order valence-electron chi connectivity index (χ2n) is 5.90. The highest BCUT2D eigenvalue weighted by Crippen LogP contribution is 2.31. The predicted molar refractivity (Wildman–Crippen MR) is 103 cm³/mol. The van der Waals surface area contributed by atoms with Crippen LogP contribution in [0.1, 0.15) is 17.0 Å². The molecule has 0 aliphatic carbocycles. The van der Waals surface area contributed by atoms with Crippen molar-refractivity contribution in [3.8, 4) is 10.7 Å². The Kier molecular flexibility index (Phi) is 4.66. The first-order chi connectivity index (χ1) is 11.7. The highest BCUT2D eigenvalue weighted by atomic mass is 35.5. The van der Waals surface area contributed by atoms with Crippen molar-refractivity contribution in [1.82, 2.24) is 9.55 Å². The van der Waals surface area contributed by atoms with Crippen molar-refractivity contribution < 1.29 is 8.42 Å². The second-order valence-corrected chi connectivity index (χ2v) is 8.84. The molecular formula is C17H18ClN3O2S2. The van der Waals surface area contributed by atoms with Crippen LogP contribution >= 0.6 is 22.9 Å². The van der Waals surface area contributed by atoms with Crippen LogP contribution in [0.2, 0.25) is 5.02 Å². The Bertz CT molecular complexity index is 1050. The van der Waals surface area contributed by atoms with Gasteiger partial charge in [-0.25, -0.2) is 13.4 Å². The molecule has 0 spiro atoms. The van der Waals surface area contributed by atoms with Crippen molar-refractivity contribution in [3.63, 3.8) is 0 Å². The minimum Gasteiger partial charge on any atom is -0.345 e. The molecule has 3 rings (SSSR count). The number of hydrogen-bond acceptors (Lipinski definition) is 4. The van der Waals surface area contributed by atoms with Crippen LogP contribution < -0.4 is 4.72 Å². The molecule has 132 valence electrons. The number of thiazole rings is 1. The number of aromatic nitrogens is 2. The Morgan fingerprint density at radius 2 is 1.92 bits per heavy atom. The Hall–Kier alpha value is -1.83. The molecule has 25 heavy (non-hydrogen) atoms. The fraction of sp³-hybridized carbons (Fsp3) is 0.235. The van der Waals surface area contributed by atoms with Crippen molar-refractivity contribution >= 4 is 38.6 Å². The van der Waals surface area contributed by atoms with Crippen molar-refractivity contribution in [3.05, 3.63) is 51.6 Å². The van der Waals surface area contributed by atoms with Gasteiger partial charge in [-0.3, -0.25) is 4.72 Å². The third kappa shape index (κ3) is 3.44. The van der Waals surface area contributed by atoms with E-state index in [1.54, 1.807) is 31.2 Å². The molecule has 0 unspecified atom stereocenters. The molecule has 0 aliphatic rings. The van der Waals surface area contributed by atoms with Gasteiger partial charge in [0.25, 0.3) is 10.0 Å². The van der Waals surface area contributed by atoms with Gasteiger partial charge in [-0.1, -0.05) is 11.6 Å². The minimum atomic E-state index is -3.72. The fourth-order valence-electron chi connectivity index (χ4n) is 2.56. The van der Waals surface area contributed by atoms with Crippen LogP contribution in [0.15, 0.2) is 34.5 Å². The molecule has 0 saturated carbocycles. The lowest BCUT2D eigenvalue weighted by Gasteiger charge is -2.11. The van der Waals surface area contributed by atoms with Crippen molar-refractivity contribution in [1.29, 1.82) is 0 Å². The van der Waals surface area contributed by atoms with Crippen molar-refractivity contribution in [2.24, 2.45) is 7.05 Å². The van der Waals surface area contributed by atoms with E-state index in [4.69, 9.17) is 11.6 Å². The summed E-state index contributed by atoms with van der Waals surface area (Å²) >= 11 is 7.43. The number of rotatable bonds is 4. The monoisotopic (exact) mass is 395 g/mol. The molecule has 0 saturated heterocycles. The van der Waals surface area contributed by atoms with Gasteiger partial charge < -0.3 is 4.57 Å². The summed E-state index contributed by atoms with van der Waals surface area (Å²) in [7, 11) is -1.88. The zero-order valence-electron chi connectivity index (χ0n) is 14.3. The second kappa shape index (κ2) is 6.48. The van der Waals surface area contributed by atoms with Gasteiger partial charge in [-0.05, 0) is 50.6 Å². The van der Waals surface area contributed by atoms with Gasteiger partial charge in [-0.15, -0.1) is 11.3 Å². The Balaban J connectivity index is 2.03. The average Bonchev–Trinajstić information content (AvgIpc) is 3.07. The molecule has 0 fully saturated rings. The molecule has 1 N–H and O–H groups in total. The quantitative estimate of drug-likeness (QED) is 0.705. The molecule has 2 heterocycles. The summed E-state index contributed by atoms with van der Waals surface area (Å²) in [5.74, 6) is 0. The summed E-state index contributed by atoms with van der Waals surface area (Å²) < 4.78 is 30.3. The van der Waals surface area contributed by atoms with E-state index in [2.05, 4.69) is 9.71 Å². The van der Waals surface area contributed by atoms with Gasteiger partial charge in [0.1, 0.15) is 9.90 Å². The topological polar surface area (TPSA) is 64.0 Å². The van der Waals surface area contributed by atoms with Crippen LogP contribution in [0.4, 0.5) is 5.69 Å². The van der Waals surface area contributed by atoms with Crippen LogP contribution in [-0.2, 0) is 17.1 Å². The lowest BCUT2D eigenvalue weighted by molar-refractivity contribution is 0.600. The maximum Gasteiger partial charge on any atom is 0.263 e. The van der Waals surface area contributed by atoms with Crippen LogP contribution in [0.5, 0.6) is 0 Å². The zero-order valence-corrected chi connectivity index (χ0v) is 16.7. The summed E-state index contributed by atoms with van der Waals surface area (Å²) in [5.41, 5.74) is 3.63. The van der Waals surface area contributed by atoms with Gasteiger partial charge >= 0.3 is 0 Å². The molecule has 0 radical (unpaired) electrons. The molecule has 2 aromatic heterocycles. The van der Waals surface area contributed by atoms with Crippen LogP contribution in [0.25, 0.3) is 10.7 Å². The van der Waals surface area contributed by atoms with Crippen LogP contribution in [0, 0.1) is 20.8 Å². The number of halogens is 1. The highest BCUT2D eigenvalue weighted by molar-refractivity contribution is 7.92. The highest BCUT2D eigenvalue weighted by Gasteiger charge is 2.24. The van der Waals surface area contributed by atoms with Gasteiger partial charge in [0.05, 0.1) is 11.4 Å². The number of benzene rings is 1. The molecule has 1 aromatic carbocycles. The van der Waals surface area contributed by atoms with Crippen LogP contribution in [0.3, 0.4) is 0 Å². The van der Waals surface area contributed by atoms with E-state index in [0.29, 0.717) is 16.4 Å². The molecule has 8 heteroatoms. The first-order valence-electron chi connectivity index (χ1n) is 7.57. The maximum atomic E-state index is 12.9. The van der Waals surface area contributed by atoms with Gasteiger partial charge in [0.15, 0.2) is 0 Å². The van der Waals surface area contributed by atoms with Crippen molar-refractivity contribution in [2.45, 2.75) is 25.7 Å². The number of nitrogens with zero attached hydrogens (tertiary/aromatic N) is 2. The first-order valence-corrected chi connectivity index (χ1v) is 10.3. The molecule has 0 bridgehead atoms. The Morgan fingerprint density at radius 1 is 1.20 bits per heavy atom. The van der Waals surface area contributed by atoms with E-state index in [0.717, 1.165) is 22.0 Å². The summed E-state index contributed by atoms with van der Waals surface area (Å²) in [4.78, 5) is 4.70. The SMILES string of the molecule is Cc1csc(-c2cc(S(=O)(=O)Nc3ccc(Cl)cc3C)c(C)n2C)n1. The largest absolute Gasteiger partial charge is 0.345 e. The molecule has 5 nitrogen and oxygen atoms in total. The number of anilines is 1. The third-order valence-electron chi connectivity index (χ3n) is 4.05. The van der Waals surface area contributed by atoms with Crippen molar-refractivity contribution in [2.75, 3.05) is 4.72 Å². The Morgan fingerprint density at radius 3 is 2.52 bits per heavy atom. The third-order valence-corrected chi connectivity index (χ3v) is 6.75. The normalized spacial score (nSPS) is 11.7. The molecule has 0 aliphatic heterocycles. The lowest BCUT2D eigenvalue weighted by Crippen LogP contribution is -2.14. The average molecular weight is 396 g/mol. The zero-order chi connectivity index (χ0) is 18.4. The summed E-state index contributed by atoms with van der Waals surface area (Å²) in [5, 5.41) is 3.31. The molecule has 0 atom stereocenters. The molecule has 3 aromatic rings. The fourth-order valence-corrected chi connectivity index (χ4v) is 5.06. The Labute approximate surface area is 156 Å². The van der Waals surface area contributed by atoms with E-state index in [1.807, 2.05) is 30.8 Å². The predicted octanol–water partition coefficient (Wildman–Crippen LogP) is 4.53. The van der Waals surface area contributed by atoms with E-state index < -0.39 is 10.0 Å². The van der Waals surface area contributed by atoms with E-state index in [9.17, 15) is 8.42 Å². The van der Waals surface area contributed by atoms with Crippen LogP contribution in [-0.4, -0.2) is 18.0 Å². The lowest BCUT2D eigenvalue weighted by atomic mass is 10.2. The maximum absolute atomic E-state index is 12.9. The van der Waals surface area contributed by atoms with Gasteiger partial charge in [0, 0.05) is 28.8 Å². The number of hydrogen-bond donors (Lipinski definition) is 1. The molecule has 0 amide bonds. The number of aryl methyl sites for hydroxylation is 2. The van der Waals surface area contributed by atoms with Gasteiger partial charge in [-0.2, -0.15) is 0 Å². The number of sulfonamides is 1. The standard InChI is InChI=1S/C17H18ClN3O2S2/c1-10-7-13(18)5-6-14(10)20-25(22,23)16-8-15(21(4)12(16)3)17-19-11(2)9-24-17/h5-9,20H,1-4H3. The summed E-state index contributed by atoms with van der Waals surface area (Å²) in [6, 6.07) is 6.72. The van der Waals surface area contributed by atoms with E-state index >= 15 is 0 Å². The smallest absolute Gasteiger partial charge is 0.263 e. The van der Waals surface area contributed by atoms with E-state index in [1.165, 1.54) is 11.3 Å². The summed E-state index contributed by atoms with van der Waals surface area (Å²) in [6.45, 7) is 5.51. The summed E-state index contributed by atoms with van der Waals surface area (Å²) in [6.07, 6.45) is 0.